The molecule has 4 heteroatoms. The molecule has 1 aromatic rings. The van der Waals surface area contributed by atoms with Crippen molar-refractivity contribution < 1.29 is 4.52 Å². The highest BCUT2D eigenvalue weighted by molar-refractivity contribution is 4.94. The lowest BCUT2D eigenvalue weighted by Crippen LogP contribution is -2.32. The van der Waals surface area contributed by atoms with E-state index in [0.717, 1.165) is 25.1 Å². The first-order valence-corrected chi connectivity index (χ1v) is 5.53. The highest BCUT2D eigenvalue weighted by Crippen LogP contribution is 2.16. The number of hydrogen-bond donors (Lipinski definition) is 1. The van der Waals surface area contributed by atoms with Gasteiger partial charge in [-0.15, -0.1) is 0 Å². The minimum Gasteiger partial charge on any atom is -0.339 e. The van der Waals surface area contributed by atoms with E-state index in [1.807, 2.05) is 13.8 Å². The molecule has 0 aliphatic rings. The van der Waals surface area contributed by atoms with Crippen molar-refractivity contribution in [2.45, 2.75) is 58.4 Å². The van der Waals surface area contributed by atoms with Gasteiger partial charge in [-0.25, -0.2) is 0 Å². The molecule has 0 bridgehead atoms. The summed E-state index contributed by atoms with van der Waals surface area (Å²) in [6.07, 6.45) is 2.64. The lowest BCUT2D eigenvalue weighted by Gasteiger charge is -2.16. The summed E-state index contributed by atoms with van der Waals surface area (Å²) in [5, 5.41) is 3.96. The molecule has 1 rings (SSSR count). The molecule has 0 aromatic carbocycles. The van der Waals surface area contributed by atoms with Gasteiger partial charge in [-0.3, -0.25) is 0 Å². The van der Waals surface area contributed by atoms with Gasteiger partial charge in [0.2, 0.25) is 5.89 Å². The number of nitrogens with two attached hydrogens (primary N) is 1. The molecule has 86 valence electrons. The molecule has 0 aliphatic carbocycles. The van der Waals surface area contributed by atoms with E-state index in [-0.39, 0.29) is 5.54 Å². The molecule has 0 saturated heterocycles. The fourth-order valence-corrected chi connectivity index (χ4v) is 1.18. The van der Waals surface area contributed by atoms with Crippen LogP contribution in [0.3, 0.4) is 0 Å². The summed E-state index contributed by atoms with van der Waals surface area (Å²) in [4.78, 5) is 4.35. The van der Waals surface area contributed by atoms with E-state index in [1.54, 1.807) is 0 Å². The summed E-state index contributed by atoms with van der Waals surface area (Å²) >= 11 is 0. The third kappa shape index (κ3) is 4.00. The molecule has 4 nitrogen and oxygen atoms in total. The minimum absolute atomic E-state index is 0.176. The minimum atomic E-state index is -0.176. The molecule has 2 N–H and O–H groups in total. The topological polar surface area (TPSA) is 64.9 Å². The molecule has 1 atom stereocenters. The first-order valence-electron chi connectivity index (χ1n) is 5.53. The van der Waals surface area contributed by atoms with Crippen LogP contribution < -0.4 is 5.73 Å². The van der Waals surface area contributed by atoms with Gasteiger partial charge in [-0.1, -0.05) is 19.0 Å². The fraction of sp³-hybridized carbons (Fsp3) is 0.818. The van der Waals surface area contributed by atoms with Crippen LogP contribution in [0.15, 0.2) is 4.52 Å². The quantitative estimate of drug-likeness (QED) is 0.811. The molecule has 0 fully saturated rings. The lowest BCUT2D eigenvalue weighted by molar-refractivity contribution is 0.352. The van der Waals surface area contributed by atoms with Crippen LogP contribution in [-0.4, -0.2) is 15.7 Å². The first-order chi connectivity index (χ1) is 6.92. The molecule has 1 aromatic heterocycles. The van der Waals surface area contributed by atoms with Gasteiger partial charge in [0.1, 0.15) is 0 Å². The Morgan fingerprint density at radius 2 is 2.13 bits per heavy atom. The number of aryl methyl sites for hydroxylation is 1. The van der Waals surface area contributed by atoms with E-state index in [1.165, 1.54) is 0 Å². The van der Waals surface area contributed by atoms with Gasteiger partial charge in [-0.05, 0) is 26.7 Å². The normalized spacial score (nSPS) is 14.2. The van der Waals surface area contributed by atoms with Gasteiger partial charge >= 0.3 is 0 Å². The summed E-state index contributed by atoms with van der Waals surface area (Å²) in [6, 6.07) is 0. The van der Waals surface area contributed by atoms with E-state index in [4.69, 9.17) is 10.3 Å². The zero-order valence-electron chi connectivity index (χ0n) is 10.1. The van der Waals surface area contributed by atoms with Gasteiger partial charge in [0.25, 0.3) is 0 Å². The average molecular weight is 211 g/mol. The molecule has 0 saturated carbocycles. The Balaban J connectivity index is 2.53. The maximum Gasteiger partial charge on any atom is 0.226 e. The third-order valence-corrected chi connectivity index (χ3v) is 2.52. The third-order valence-electron chi connectivity index (χ3n) is 2.52. The van der Waals surface area contributed by atoms with Crippen molar-refractivity contribution in [3.63, 3.8) is 0 Å². The van der Waals surface area contributed by atoms with Crippen LogP contribution in [0.5, 0.6) is 0 Å². The number of aromatic nitrogens is 2. The second-order valence-corrected chi connectivity index (χ2v) is 4.84. The molecule has 0 amide bonds. The van der Waals surface area contributed by atoms with Gasteiger partial charge in [0, 0.05) is 17.9 Å². The Morgan fingerprint density at radius 1 is 1.47 bits per heavy atom. The molecule has 1 heterocycles. The Hall–Kier alpha value is -0.900. The predicted molar refractivity (Wildman–Crippen MR) is 59.6 cm³/mol. The van der Waals surface area contributed by atoms with Crippen LogP contribution in [0.25, 0.3) is 0 Å². The Labute approximate surface area is 91.2 Å². The van der Waals surface area contributed by atoms with Crippen molar-refractivity contribution in [3.8, 4) is 0 Å². The summed E-state index contributed by atoms with van der Waals surface area (Å²) in [5.41, 5.74) is 5.71. The summed E-state index contributed by atoms with van der Waals surface area (Å²) in [5.74, 6) is 1.87. The van der Waals surface area contributed by atoms with Crippen molar-refractivity contribution in [1.29, 1.82) is 0 Å². The Kier molecular flexibility index (Phi) is 3.85. The van der Waals surface area contributed by atoms with Crippen LogP contribution in [0.4, 0.5) is 0 Å². The van der Waals surface area contributed by atoms with Crippen molar-refractivity contribution >= 4 is 0 Å². The molecule has 1 unspecified atom stereocenters. The second kappa shape index (κ2) is 4.75. The largest absolute Gasteiger partial charge is 0.339 e. The van der Waals surface area contributed by atoms with E-state index in [0.29, 0.717) is 11.8 Å². The van der Waals surface area contributed by atoms with Crippen LogP contribution in [0.1, 0.15) is 58.2 Å². The number of nitrogens with zero attached hydrogens (tertiary/aromatic N) is 2. The SMILES string of the molecule is CCC(C)c1noc(CCC(C)(C)N)n1. The summed E-state index contributed by atoms with van der Waals surface area (Å²) in [7, 11) is 0. The monoisotopic (exact) mass is 211 g/mol. The number of rotatable bonds is 5. The molecule has 15 heavy (non-hydrogen) atoms. The highest BCUT2D eigenvalue weighted by atomic mass is 16.5. The number of hydrogen-bond acceptors (Lipinski definition) is 4. The highest BCUT2D eigenvalue weighted by Gasteiger charge is 2.15. The zero-order valence-corrected chi connectivity index (χ0v) is 10.1. The van der Waals surface area contributed by atoms with E-state index in [9.17, 15) is 0 Å². The maximum absolute atomic E-state index is 5.89. The van der Waals surface area contributed by atoms with Crippen LogP contribution in [0.2, 0.25) is 0 Å². The molecular formula is C11H21N3O. The summed E-state index contributed by atoms with van der Waals surface area (Å²) in [6.45, 7) is 8.21. The van der Waals surface area contributed by atoms with E-state index < -0.39 is 0 Å². The van der Waals surface area contributed by atoms with Gasteiger partial charge in [-0.2, -0.15) is 4.98 Å². The average Bonchev–Trinajstić information content (AvgIpc) is 2.61. The van der Waals surface area contributed by atoms with E-state index in [2.05, 4.69) is 24.0 Å². The Morgan fingerprint density at radius 3 is 2.67 bits per heavy atom. The van der Waals surface area contributed by atoms with Crippen molar-refractivity contribution in [2.24, 2.45) is 5.73 Å². The van der Waals surface area contributed by atoms with Crippen molar-refractivity contribution in [3.05, 3.63) is 11.7 Å². The molecule has 0 aliphatic heterocycles. The van der Waals surface area contributed by atoms with Gasteiger partial charge in [0.05, 0.1) is 0 Å². The van der Waals surface area contributed by atoms with Crippen LogP contribution in [-0.2, 0) is 6.42 Å². The predicted octanol–water partition coefficient (Wildman–Crippen LogP) is 2.25. The zero-order chi connectivity index (χ0) is 11.5. The van der Waals surface area contributed by atoms with Crippen LogP contribution >= 0.6 is 0 Å². The Bertz CT molecular complexity index is 301. The standard InChI is InChI=1S/C11H21N3O/c1-5-8(2)10-13-9(15-14-10)6-7-11(3,4)12/h8H,5-7,12H2,1-4H3. The second-order valence-electron chi connectivity index (χ2n) is 4.84. The van der Waals surface area contributed by atoms with Gasteiger partial charge < -0.3 is 10.3 Å². The molecule has 0 spiro atoms. The smallest absolute Gasteiger partial charge is 0.226 e. The van der Waals surface area contributed by atoms with Crippen LogP contribution in [0, 0.1) is 0 Å². The van der Waals surface area contributed by atoms with Crippen molar-refractivity contribution in [1.82, 2.24) is 10.1 Å². The maximum atomic E-state index is 5.89. The molecular weight excluding hydrogens is 190 g/mol. The molecule has 0 radical (unpaired) electrons. The summed E-state index contributed by atoms with van der Waals surface area (Å²) < 4.78 is 5.17. The first kappa shape index (κ1) is 12.2. The van der Waals surface area contributed by atoms with E-state index >= 15 is 0 Å². The van der Waals surface area contributed by atoms with Crippen molar-refractivity contribution in [2.75, 3.05) is 0 Å². The fourth-order valence-electron chi connectivity index (χ4n) is 1.18. The lowest BCUT2D eigenvalue weighted by atomic mass is 10.0. The van der Waals surface area contributed by atoms with Gasteiger partial charge in [0.15, 0.2) is 5.82 Å².